The fraction of sp³-hybridized carbons (Fsp3) is 0.227. The fourth-order valence-corrected chi connectivity index (χ4v) is 2.80. The largest absolute Gasteiger partial charge is 0.496 e. The van der Waals surface area contributed by atoms with Gasteiger partial charge >= 0.3 is 5.97 Å². The van der Waals surface area contributed by atoms with Crippen LogP contribution in [0.1, 0.15) is 22.8 Å². The molecule has 162 valence electrons. The van der Waals surface area contributed by atoms with Gasteiger partial charge in [0.05, 0.1) is 19.2 Å². The van der Waals surface area contributed by atoms with E-state index in [0.29, 0.717) is 22.8 Å². The highest BCUT2D eigenvalue weighted by Crippen LogP contribution is 2.33. The summed E-state index contributed by atoms with van der Waals surface area (Å²) in [6, 6.07) is 11.8. The number of methoxy groups -OCH3 is 1. The van der Waals surface area contributed by atoms with Crippen LogP contribution in [0.2, 0.25) is 0 Å². The number of amides is 2. The van der Waals surface area contributed by atoms with Gasteiger partial charge in [0.15, 0.2) is 11.5 Å². The van der Waals surface area contributed by atoms with E-state index in [-0.39, 0.29) is 31.2 Å². The molecule has 9 nitrogen and oxygen atoms in total. The number of rotatable bonds is 8. The van der Waals surface area contributed by atoms with E-state index >= 15 is 0 Å². The molecule has 1 aliphatic rings. The summed E-state index contributed by atoms with van der Waals surface area (Å²) in [4.78, 5) is 36.4. The maximum Gasteiger partial charge on any atom is 0.302 e. The quantitative estimate of drug-likeness (QED) is 0.376. The first-order valence-corrected chi connectivity index (χ1v) is 9.45. The molecule has 0 atom stereocenters. The Labute approximate surface area is 178 Å². The summed E-state index contributed by atoms with van der Waals surface area (Å²) >= 11 is 0. The van der Waals surface area contributed by atoms with Gasteiger partial charge in [0.2, 0.25) is 6.79 Å². The van der Waals surface area contributed by atoms with Crippen LogP contribution >= 0.6 is 0 Å². The summed E-state index contributed by atoms with van der Waals surface area (Å²) < 4.78 is 20.7. The number of para-hydroxylation sites is 1. The van der Waals surface area contributed by atoms with Crippen LogP contribution < -0.4 is 24.8 Å². The smallest absolute Gasteiger partial charge is 0.302 e. The van der Waals surface area contributed by atoms with E-state index in [1.807, 2.05) is 0 Å². The van der Waals surface area contributed by atoms with E-state index in [0.717, 1.165) is 0 Å². The number of esters is 1. The van der Waals surface area contributed by atoms with Crippen LogP contribution in [0, 0.1) is 0 Å². The minimum Gasteiger partial charge on any atom is -0.496 e. The van der Waals surface area contributed by atoms with E-state index in [1.165, 1.54) is 20.1 Å². The number of carbonyl (C=O) groups is 3. The van der Waals surface area contributed by atoms with E-state index in [2.05, 4.69) is 10.6 Å². The topological polar surface area (TPSA) is 112 Å². The highest BCUT2D eigenvalue weighted by molar-refractivity contribution is 6.06. The molecule has 3 rings (SSSR count). The number of ether oxygens (including phenoxy) is 4. The van der Waals surface area contributed by atoms with E-state index < -0.39 is 17.8 Å². The van der Waals surface area contributed by atoms with Gasteiger partial charge in [0.25, 0.3) is 11.8 Å². The van der Waals surface area contributed by atoms with Crippen LogP contribution in [-0.2, 0) is 14.3 Å². The molecule has 0 unspecified atom stereocenters. The van der Waals surface area contributed by atoms with Crippen LogP contribution in [0.3, 0.4) is 0 Å². The molecule has 0 aromatic heterocycles. The third-order valence-electron chi connectivity index (χ3n) is 4.24. The Kier molecular flexibility index (Phi) is 7.10. The van der Waals surface area contributed by atoms with Gasteiger partial charge in [-0.2, -0.15) is 0 Å². The van der Waals surface area contributed by atoms with Crippen LogP contribution in [0.5, 0.6) is 17.2 Å². The lowest BCUT2D eigenvalue weighted by atomic mass is 10.1. The lowest BCUT2D eigenvalue weighted by Crippen LogP contribution is -2.36. The molecule has 0 saturated heterocycles. The Morgan fingerprint density at radius 3 is 2.65 bits per heavy atom. The SMILES string of the molecule is COc1ccccc1C(=O)N/C(=C\c1ccc2c(c1)OCO2)C(=O)NCCOC(C)=O. The Morgan fingerprint density at radius 1 is 1.10 bits per heavy atom. The molecule has 1 aliphatic heterocycles. The number of hydrogen-bond donors (Lipinski definition) is 2. The first-order chi connectivity index (χ1) is 15.0. The number of hydrogen-bond acceptors (Lipinski definition) is 7. The maximum atomic E-state index is 12.8. The van der Waals surface area contributed by atoms with Crippen molar-refractivity contribution in [2.24, 2.45) is 0 Å². The molecule has 31 heavy (non-hydrogen) atoms. The third-order valence-corrected chi connectivity index (χ3v) is 4.24. The summed E-state index contributed by atoms with van der Waals surface area (Å²) in [5, 5.41) is 5.23. The summed E-state index contributed by atoms with van der Waals surface area (Å²) in [7, 11) is 1.46. The molecule has 2 aromatic carbocycles. The van der Waals surface area contributed by atoms with Crippen molar-refractivity contribution in [3.8, 4) is 17.2 Å². The normalized spacial score (nSPS) is 12.1. The van der Waals surface area contributed by atoms with Gasteiger partial charge < -0.3 is 29.6 Å². The number of benzene rings is 2. The average molecular weight is 426 g/mol. The number of carbonyl (C=O) groups excluding carboxylic acids is 3. The highest BCUT2D eigenvalue weighted by Gasteiger charge is 2.18. The van der Waals surface area contributed by atoms with Crippen molar-refractivity contribution in [1.29, 1.82) is 0 Å². The molecule has 2 amide bonds. The van der Waals surface area contributed by atoms with Crippen molar-refractivity contribution in [2.75, 3.05) is 27.1 Å². The molecule has 0 fully saturated rings. The van der Waals surface area contributed by atoms with Gasteiger partial charge in [0.1, 0.15) is 18.1 Å². The van der Waals surface area contributed by atoms with E-state index in [4.69, 9.17) is 18.9 Å². The monoisotopic (exact) mass is 426 g/mol. The lowest BCUT2D eigenvalue weighted by molar-refractivity contribution is -0.141. The molecule has 2 aromatic rings. The van der Waals surface area contributed by atoms with Crippen molar-refractivity contribution >= 4 is 23.9 Å². The minimum absolute atomic E-state index is 0.00223. The van der Waals surface area contributed by atoms with Gasteiger partial charge in [-0.1, -0.05) is 18.2 Å². The highest BCUT2D eigenvalue weighted by atomic mass is 16.7. The number of nitrogens with one attached hydrogen (secondary N) is 2. The standard InChI is InChI=1S/C22H22N2O7/c1-14(25)29-10-9-23-22(27)17(11-15-7-8-19-20(12-15)31-13-30-19)24-21(26)16-5-3-4-6-18(16)28-2/h3-8,11-12H,9-10,13H2,1-2H3,(H,23,27)(H,24,26)/b17-11-. The summed E-state index contributed by atoms with van der Waals surface area (Å²) in [6.07, 6.45) is 1.51. The second-order valence-corrected chi connectivity index (χ2v) is 6.42. The van der Waals surface area contributed by atoms with Gasteiger partial charge in [-0.3, -0.25) is 14.4 Å². The third kappa shape index (κ3) is 5.75. The fourth-order valence-electron chi connectivity index (χ4n) is 2.80. The predicted octanol–water partition coefficient (Wildman–Crippen LogP) is 1.87. The van der Waals surface area contributed by atoms with Gasteiger partial charge in [0, 0.05) is 6.92 Å². The molecule has 2 N–H and O–H groups in total. The average Bonchev–Trinajstić information content (AvgIpc) is 3.23. The molecule has 1 heterocycles. The van der Waals surface area contributed by atoms with Crippen molar-refractivity contribution in [3.05, 3.63) is 59.3 Å². The van der Waals surface area contributed by atoms with Crippen LogP contribution in [0.25, 0.3) is 6.08 Å². The van der Waals surface area contributed by atoms with Gasteiger partial charge in [-0.05, 0) is 35.9 Å². The van der Waals surface area contributed by atoms with Crippen LogP contribution in [-0.4, -0.2) is 44.8 Å². The Hall–Kier alpha value is -4.01. The summed E-state index contributed by atoms with van der Waals surface area (Å²) in [5.74, 6) is 0.00204. The molecule has 0 saturated carbocycles. The summed E-state index contributed by atoms with van der Waals surface area (Å²) in [5.41, 5.74) is 0.890. The molecule has 0 bridgehead atoms. The van der Waals surface area contributed by atoms with E-state index in [1.54, 1.807) is 42.5 Å². The second-order valence-electron chi connectivity index (χ2n) is 6.42. The zero-order valence-corrected chi connectivity index (χ0v) is 17.1. The molecular weight excluding hydrogens is 404 g/mol. The van der Waals surface area contributed by atoms with Gasteiger partial charge in [-0.15, -0.1) is 0 Å². The van der Waals surface area contributed by atoms with Crippen molar-refractivity contribution in [3.63, 3.8) is 0 Å². The molecule has 0 aliphatic carbocycles. The maximum absolute atomic E-state index is 12.8. The zero-order valence-electron chi connectivity index (χ0n) is 17.1. The van der Waals surface area contributed by atoms with Crippen LogP contribution in [0.15, 0.2) is 48.2 Å². The van der Waals surface area contributed by atoms with Gasteiger partial charge in [-0.25, -0.2) is 0 Å². The van der Waals surface area contributed by atoms with Crippen molar-refractivity contribution in [2.45, 2.75) is 6.92 Å². The second kappa shape index (κ2) is 10.1. The van der Waals surface area contributed by atoms with E-state index in [9.17, 15) is 14.4 Å². The lowest BCUT2D eigenvalue weighted by Gasteiger charge is -2.13. The Morgan fingerprint density at radius 2 is 1.87 bits per heavy atom. The predicted molar refractivity (Wildman–Crippen MR) is 111 cm³/mol. The van der Waals surface area contributed by atoms with Crippen LogP contribution in [0.4, 0.5) is 0 Å². The minimum atomic E-state index is -0.548. The van der Waals surface area contributed by atoms with Crippen molar-refractivity contribution < 1.29 is 33.3 Å². The molecular formula is C22H22N2O7. The first kappa shape index (κ1) is 21.7. The Bertz CT molecular complexity index is 1020. The molecule has 0 spiro atoms. The molecule has 9 heteroatoms. The Balaban J connectivity index is 1.82. The first-order valence-electron chi connectivity index (χ1n) is 9.45. The molecule has 0 radical (unpaired) electrons. The number of fused-ring (bicyclic) bond motifs is 1. The zero-order chi connectivity index (χ0) is 22.2. The van der Waals surface area contributed by atoms with Crippen molar-refractivity contribution in [1.82, 2.24) is 10.6 Å². The summed E-state index contributed by atoms with van der Waals surface area (Å²) in [6.45, 7) is 1.50.